The SMILES string of the molecule is CC(C)c1ccc(-c2cscc2N)cc1. The molecule has 78 valence electrons. The van der Waals surface area contributed by atoms with Gasteiger partial charge in [0.15, 0.2) is 0 Å². The second kappa shape index (κ2) is 4.07. The lowest BCUT2D eigenvalue weighted by atomic mass is 10.00. The summed E-state index contributed by atoms with van der Waals surface area (Å²) in [5.74, 6) is 0.582. The largest absolute Gasteiger partial charge is 0.398 e. The highest BCUT2D eigenvalue weighted by Gasteiger charge is 2.04. The molecule has 1 heterocycles. The van der Waals surface area contributed by atoms with Crippen LogP contribution in [0.15, 0.2) is 35.0 Å². The monoisotopic (exact) mass is 217 g/mol. The van der Waals surface area contributed by atoms with Crippen LogP contribution < -0.4 is 5.73 Å². The Morgan fingerprint density at radius 1 is 1.07 bits per heavy atom. The molecular weight excluding hydrogens is 202 g/mol. The number of anilines is 1. The molecule has 0 saturated heterocycles. The van der Waals surface area contributed by atoms with Crippen molar-refractivity contribution in [1.29, 1.82) is 0 Å². The zero-order valence-corrected chi connectivity index (χ0v) is 9.84. The van der Waals surface area contributed by atoms with Crippen LogP contribution in [0.25, 0.3) is 11.1 Å². The van der Waals surface area contributed by atoms with Gasteiger partial charge in [0.1, 0.15) is 0 Å². The van der Waals surface area contributed by atoms with Gasteiger partial charge in [0.05, 0.1) is 5.69 Å². The van der Waals surface area contributed by atoms with E-state index < -0.39 is 0 Å². The van der Waals surface area contributed by atoms with Crippen LogP contribution in [0, 0.1) is 0 Å². The van der Waals surface area contributed by atoms with Gasteiger partial charge in [-0.2, -0.15) is 0 Å². The van der Waals surface area contributed by atoms with E-state index in [-0.39, 0.29) is 0 Å². The Kier molecular flexibility index (Phi) is 2.78. The molecule has 0 unspecified atom stereocenters. The van der Waals surface area contributed by atoms with Crippen molar-refractivity contribution >= 4 is 17.0 Å². The Bertz CT molecular complexity index is 440. The molecule has 0 amide bonds. The summed E-state index contributed by atoms with van der Waals surface area (Å²) in [6, 6.07) is 8.65. The van der Waals surface area contributed by atoms with Crippen molar-refractivity contribution in [1.82, 2.24) is 0 Å². The lowest BCUT2D eigenvalue weighted by molar-refractivity contribution is 0.867. The molecule has 2 rings (SSSR count). The van der Waals surface area contributed by atoms with Crippen molar-refractivity contribution < 1.29 is 0 Å². The number of rotatable bonds is 2. The van der Waals surface area contributed by atoms with Crippen LogP contribution in [0.4, 0.5) is 5.69 Å². The summed E-state index contributed by atoms with van der Waals surface area (Å²) >= 11 is 1.65. The summed E-state index contributed by atoms with van der Waals surface area (Å²) in [6.45, 7) is 4.40. The average Bonchev–Trinajstić information content (AvgIpc) is 2.65. The number of hydrogen-bond donors (Lipinski definition) is 1. The van der Waals surface area contributed by atoms with Crippen LogP contribution in [0.2, 0.25) is 0 Å². The molecule has 15 heavy (non-hydrogen) atoms. The van der Waals surface area contributed by atoms with Crippen LogP contribution in [0.5, 0.6) is 0 Å². The van der Waals surface area contributed by atoms with Crippen LogP contribution in [-0.4, -0.2) is 0 Å². The van der Waals surface area contributed by atoms with Crippen molar-refractivity contribution in [3.8, 4) is 11.1 Å². The minimum absolute atomic E-state index is 0.582. The molecule has 0 fully saturated rings. The molecule has 0 spiro atoms. The maximum absolute atomic E-state index is 5.88. The van der Waals surface area contributed by atoms with Gasteiger partial charge in [-0.1, -0.05) is 38.1 Å². The van der Waals surface area contributed by atoms with Crippen LogP contribution in [0.3, 0.4) is 0 Å². The van der Waals surface area contributed by atoms with Gasteiger partial charge in [0, 0.05) is 16.3 Å². The first-order valence-electron chi connectivity index (χ1n) is 5.10. The van der Waals surface area contributed by atoms with E-state index in [4.69, 9.17) is 5.73 Å². The second-order valence-electron chi connectivity index (χ2n) is 4.02. The molecule has 2 N–H and O–H groups in total. The van der Waals surface area contributed by atoms with E-state index in [0.717, 1.165) is 11.3 Å². The van der Waals surface area contributed by atoms with E-state index >= 15 is 0 Å². The molecule has 2 heteroatoms. The highest BCUT2D eigenvalue weighted by molar-refractivity contribution is 7.08. The standard InChI is InChI=1S/C13H15NS/c1-9(2)10-3-5-11(6-4-10)12-7-15-8-13(12)14/h3-9H,14H2,1-2H3. The van der Waals surface area contributed by atoms with E-state index in [1.165, 1.54) is 11.1 Å². The molecular formula is C13H15NS. The van der Waals surface area contributed by atoms with E-state index in [9.17, 15) is 0 Å². The van der Waals surface area contributed by atoms with E-state index in [1.54, 1.807) is 11.3 Å². The Labute approximate surface area is 94.6 Å². The lowest BCUT2D eigenvalue weighted by Crippen LogP contribution is -1.88. The van der Waals surface area contributed by atoms with Crippen molar-refractivity contribution in [3.63, 3.8) is 0 Å². The van der Waals surface area contributed by atoms with Crippen molar-refractivity contribution in [3.05, 3.63) is 40.6 Å². The maximum Gasteiger partial charge on any atom is 0.0502 e. The summed E-state index contributed by atoms with van der Waals surface area (Å²) in [6.07, 6.45) is 0. The van der Waals surface area contributed by atoms with Gasteiger partial charge in [0.2, 0.25) is 0 Å². The third-order valence-corrected chi connectivity index (χ3v) is 3.34. The van der Waals surface area contributed by atoms with Gasteiger partial charge < -0.3 is 5.73 Å². The average molecular weight is 217 g/mol. The van der Waals surface area contributed by atoms with E-state index in [2.05, 4.69) is 43.5 Å². The minimum Gasteiger partial charge on any atom is -0.398 e. The molecule has 0 aliphatic rings. The second-order valence-corrected chi connectivity index (χ2v) is 4.76. The summed E-state index contributed by atoms with van der Waals surface area (Å²) in [5.41, 5.74) is 10.5. The number of nitrogens with two attached hydrogens (primary N) is 1. The van der Waals surface area contributed by atoms with Gasteiger partial charge in [-0.3, -0.25) is 0 Å². The molecule has 1 nitrogen and oxygen atoms in total. The van der Waals surface area contributed by atoms with Gasteiger partial charge in [-0.15, -0.1) is 11.3 Å². The summed E-state index contributed by atoms with van der Waals surface area (Å²) < 4.78 is 0. The lowest BCUT2D eigenvalue weighted by Gasteiger charge is -2.06. The first kappa shape index (κ1) is 10.2. The zero-order chi connectivity index (χ0) is 10.8. The molecule has 0 aliphatic heterocycles. The van der Waals surface area contributed by atoms with Crippen molar-refractivity contribution in [2.45, 2.75) is 19.8 Å². The molecule has 1 aromatic heterocycles. The fourth-order valence-electron chi connectivity index (χ4n) is 1.59. The molecule has 0 bridgehead atoms. The Hall–Kier alpha value is -1.28. The van der Waals surface area contributed by atoms with Crippen molar-refractivity contribution in [2.24, 2.45) is 0 Å². The third kappa shape index (κ3) is 2.05. The summed E-state index contributed by atoms with van der Waals surface area (Å²) in [4.78, 5) is 0. The predicted octanol–water partition coefficient (Wildman–Crippen LogP) is 4.12. The van der Waals surface area contributed by atoms with Crippen LogP contribution in [-0.2, 0) is 0 Å². The summed E-state index contributed by atoms with van der Waals surface area (Å²) in [7, 11) is 0. The first-order valence-corrected chi connectivity index (χ1v) is 6.04. The molecule has 0 atom stereocenters. The van der Waals surface area contributed by atoms with E-state index in [1.807, 2.05) is 5.38 Å². The fraction of sp³-hybridized carbons (Fsp3) is 0.231. The molecule has 1 aromatic carbocycles. The molecule has 0 aliphatic carbocycles. The smallest absolute Gasteiger partial charge is 0.0502 e. The number of hydrogen-bond acceptors (Lipinski definition) is 2. The van der Waals surface area contributed by atoms with Gasteiger partial charge >= 0.3 is 0 Å². The van der Waals surface area contributed by atoms with Crippen LogP contribution >= 0.6 is 11.3 Å². The molecule has 2 aromatic rings. The van der Waals surface area contributed by atoms with Crippen molar-refractivity contribution in [2.75, 3.05) is 5.73 Å². The van der Waals surface area contributed by atoms with Gasteiger partial charge in [0.25, 0.3) is 0 Å². The van der Waals surface area contributed by atoms with E-state index in [0.29, 0.717) is 5.92 Å². The topological polar surface area (TPSA) is 26.0 Å². The van der Waals surface area contributed by atoms with Gasteiger partial charge in [-0.25, -0.2) is 0 Å². The zero-order valence-electron chi connectivity index (χ0n) is 9.03. The van der Waals surface area contributed by atoms with Crippen LogP contribution in [0.1, 0.15) is 25.3 Å². The van der Waals surface area contributed by atoms with Gasteiger partial charge in [-0.05, 0) is 17.0 Å². The first-order chi connectivity index (χ1) is 7.18. The molecule has 0 radical (unpaired) electrons. The maximum atomic E-state index is 5.88. The molecule has 0 saturated carbocycles. The third-order valence-electron chi connectivity index (χ3n) is 2.58. The number of benzene rings is 1. The normalized spacial score (nSPS) is 10.9. The minimum atomic E-state index is 0.582. The number of thiophene rings is 1. The highest BCUT2D eigenvalue weighted by Crippen LogP contribution is 2.30. The summed E-state index contributed by atoms with van der Waals surface area (Å²) in [5, 5.41) is 4.07. The Balaban J connectivity index is 2.36. The fourth-order valence-corrected chi connectivity index (χ4v) is 2.34. The number of nitrogen functional groups attached to an aromatic ring is 1. The Morgan fingerprint density at radius 2 is 1.73 bits per heavy atom. The predicted molar refractivity (Wildman–Crippen MR) is 68.3 cm³/mol. The quantitative estimate of drug-likeness (QED) is 0.804. The highest BCUT2D eigenvalue weighted by atomic mass is 32.1. The Morgan fingerprint density at radius 3 is 2.20 bits per heavy atom.